The third kappa shape index (κ3) is 7.35. The highest BCUT2D eigenvalue weighted by atomic mass is 32.1. The lowest BCUT2D eigenvalue weighted by Crippen LogP contribution is -2.58. The Bertz CT molecular complexity index is 741. The number of hydrogen-bond donors (Lipinski definition) is 0. The van der Waals surface area contributed by atoms with Gasteiger partial charge in [0.05, 0.1) is 23.8 Å². The summed E-state index contributed by atoms with van der Waals surface area (Å²) in [6.45, 7) is 11.1. The molecule has 1 aromatic rings. The van der Waals surface area contributed by atoms with E-state index in [1.165, 1.54) is 32.1 Å². The number of piperidine rings is 1. The third-order valence-corrected chi connectivity index (χ3v) is 7.94. The van der Waals surface area contributed by atoms with Gasteiger partial charge < -0.3 is 19.3 Å². The predicted molar refractivity (Wildman–Crippen MR) is 129 cm³/mol. The normalized spacial score (nSPS) is 19.1. The summed E-state index contributed by atoms with van der Waals surface area (Å²) in [7, 11) is 0. The molecular formula is C25H41N3O3S. The van der Waals surface area contributed by atoms with Crippen LogP contribution in [0.15, 0.2) is 5.38 Å². The monoisotopic (exact) mass is 463 g/mol. The number of ketones is 1. The molecule has 1 amide bonds. The molecule has 0 unspecified atom stereocenters. The molecule has 0 aliphatic carbocycles. The molecule has 2 fully saturated rings. The van der Waals surface area contributed by atoms with E-state index in [0.717, 1.165) is 50.3 Å². The third-order valence-electron chi connectivity index (χ3n) is 6.79. The highest BCUT2D eigenvalue weighted by Gasteiger charge is 2.41. The van der Waals surface area contributed by atoms with E-state index in [-0.39, 0.29) is 11.5 Å². The number of hydrogen-bond acceptors (Lipinski definition) is 6. The lowest BCUT2D eigenvalue weighted by Gasteiger charge is -2.47. The number of aromatic nitrogens is 1. The SMILES string of the molecule is CC(=O)CCCCCCCCN1CCC2(CC1)CN(C(=O)c1csc(C(C)C)n1)CCO2. The number of carbonyl (C=O) groups excluding carboxylic acids is 2. The first-order chi connectivity index (χ1) is 15.4. The molecular weight excluding hydrogens is 422 g/mol. The zero-order chi connectivity index (χ0) is 23.0. The van der Waals surface area contributed by atoms with E-state index in [0.29, 0.717) is 37.1 Å². The number of nitrogens with zero attached hydrogens (tertiary/aromatic N) is 3. The minimum Gasteiger partial charge on any atom is -0.371 e. The fourth-order valence-corrected chi connectivity index (χ4v) is 5.54. The maximum Gasteiger partial charge on any atom is 0.273 e. The van der Waals surface area contributed by atoms with Gasteiger partial charge in [0.1, 0.15) is 11.5 Å². The van der Waals surface area contributed by atoms with Crippen LogP contribution in [0.2, 0.25) is 0 Å². The number of carbonyl (C=O) groups is 2. The van der Waals surface area contributed by atoms with Crippen LogP contribution in [0, 0.1) is 0 Å². The maximum atomic E-state index is 13.0. The number of unbranched alkanes of at least 4 members (excludes halogenated alkanes) is 5. The van der Waals surface area contributed by atoms with E-state index < -0.39 is 0 Å². The lowest BCUT2D eigenvalue weighted by molar-refractivity contribution is -0.127. The van der Waals surface area contributed by atoms with Gasteiger partial charge in [-0.3, -0.25) is 4.79 Å². The van der Waals surface area contributed by atoms with E-state index in [1.807, 2.05) is 10.3 Å². The number of thiazole rings is 1. The van der Waals surface area contributed by atoms with Gasteiger partial charge in [-0.15, -0.1) is 11.3 Å². The maximum absolute atomic E-state index is 13.0. The van der Waals surface area contributed by atoms with Gasteiger partial charge in [0, 0.05) is 37.4 Å². The average Bonchev–Trinajstić information content (AvgIpc) is 3.27. The molecule has 2 aliphatic rings. The number of rotatable bonds is 11. The highest BCUT2D eigenvalue weighted by molar-refractivity contribution is 7.09. The van der Waals surface area contributed by atoms with Crippen molar-refractivity contribution >= 4 is 23.0 Å². The minimum absolute atomic E-state index is 0.0570. The second-order valence-corrected chi connectivity index (χ2v) is 10.8. The van der Waals surface area contributed by atoms with Gasteiger partial charge in [0.15, 0.2) is 0 Å². The van der Waals surface area contributed by atoms with Crippen LogP contribution in [0.1, 0.15) is 100.0 Å². The van der Waals surface area contributed by atoms with Crippen LogP contribution in [0.5, 0.6) is 0 Å². The first kappa shape index (κ1) is 25.3. The van der Waals surface area contributed by atoms with Crippen LogP contribution in [-0.2, 0) is 9.53 Å². The van der Waals surface area contributed by atoms with E-state index in [9.17, 15) is 9.59 Å². The highest BCUT2D eigenvalue weighted by Crippen LogP contribution is 2.31. The van der Waals surface area contributed by atoms with Crippen molar-refractivity contribution in [1.29, 1.82) is 0 Å². The summed E-state index contributed by atoms with van der Waals surface area (Å²) in [5.41, 5.74) is 0.410. The molecule has 7 heteroatoms. The second kappa shape index (κ2) is 12.2. The van der Waals surface area contributed by atoms with Crippen LogP contribution in [-0.4, -0.2) is 71.4 Å². The number of Topliss-reactive ketones (excluding diaryl/α,β-unsaturated/α-hetero) is 1. The summed E-state index contributed by atoms with van der Waals surface area (Å²) in [6, 6.07) is 0. The number of ether oxygens (including phenoxy) is 1. The van der Waals surface area contributed by atoms with Crippen LogP contribution < -0.4 is 0 Å². The van der Waals surface area contributed by atoms with Crippen molar-refractivity contribution in [2.45, 2.75) is 90.1 Å². The van der Waals surface area contributed by atoms with E-state index in [4.69, 9.17) is 4.74 Å². The van der Waals surface area contributed by atoms with Gasteiger partial charge in [0.2, 0.25) is 0 Å². The molecule has 1 aromatic heterocycles. The fraction of sp³-hybridized carbons (Fsp3) is 0.800. The standard InChI is InChI=1S/C25H41N3O3S/c1-20(2)23-26-22(18-32-23)24(30)28-16-17-31-25(19-28)11-14-27(15-12-25)13-9-7-5-4-6-8-10-21(3)29/h18,20H,4-17,19H2,1-3H3. The molecule has 3 rings (SSSR count). The summed E-state index contributed by atoms with van der Waals surface area (Å²) >= 11 is 1.58. The molecule has 32 heavy (non-hydrogen) atoms. The Morgan fingerprint density at radius 2 is 1.78 bits per heavy atom. The summed E-state index contributed by atoms with van der Waals surface area (Å²) in [5.74, 6) is 0.723. The Balaban J connectivity index is 1.36. The molecule has 0 saturated carbocycles. The Morgan fingerprint density at radius 3 is 2.44 bits per heavy atom. The Hall–Kier alpha value is -1.31. The van der Waals surface area contributed by atoms with Gasteiger partial charge in [-0.1, -0.05) is 39.5 Å². The van der Waals surface area contributed by atoms with Crippen molar-refractivity contribution in [3.8, 4) is 0 Å². The molecule has 0 bridgehead atoms. The molecule has 2 saturated heterocycles. The molecule has 0 aromatic carbocycles. The van der Waals surface area contributed by atoms with Crippen molar-refractivity contribution in [2.24, 2.45) is 0 Å². The van der Waals surface area contributed by atoms with Crippen LogP contribution >= 0.6 is 11.3 Å². The Morgan fingerprint density at radius 1 is 1.09 bits per heavy atom. The summed E-state index contributed by atoms with van der Waals surface area (Å²) < 4.78 is 6.25. The van der Waals surface area contributed by atoms with Crippen molar-refractivity contribution in [1.82, 2.24) is 14.8 Å². The smallest absolute Gasteiger partial charge is 0.273 e. The molecule has 0 atom stereocenters. The predicted octanol–water partition coefficient (Wildman–Crippen LogP) is 4.89. The van der Waals surface area contributed by atoms with Crippen LogP contribution in [0.4, 0.5) is 0 Å². The number of morpholine rings is 1. The van der Waals surface area contributed by atoms with Crippen molar-refractivity contribution in [3.63, 3.8) is 0 Å². The van der Waals surface area contributed by atoms with Gasteiger partial charge in [-0.2, -0.15) is 0 Å². The first-order valence-corrected chi connectivity index (χ1v) is 13.4. The Labute approximate surface area is 197 Å². The van der Waals surface area contributed by atoms with Gasteiger partial charge in [-0.05, 0) is 39.2 Å². The summed E-state index contributed by atoms with van der Waals surface area (Å²) in [6.07, 6.45) is 9.98. The Kier molecular flexibility index (Phi) is 9.68. The molecule has 0 radical (unpaired) electrons. The molecule has 6 nitrogen and oxygen atoms in total. The quantitative estimate of drug-likeness (QED) is 0.437. The zero-order valence-electron chi connectivity index (χ0n) is 20.2. The lowest BCUT2D eigenvalue weighted by atomic mass is 9.89. The largest absolute Gasteiger partial charge is 0.371 e. The fourth-order valence-electron chi connectivity index (χ4n) is 4.73. The van der Waals surface area contributed by atoms with Gasteiger partial charge in [0.25, 0.3) is 5.91 Å². The average molecular weight is 464 g/mol. The van der Waals surface area contributed by atoms with Crippen molar-refractivity contribution < 1.29 is 14.3 Å². The van der Waals surface area contributed by atoms with E-state index in [1.54, 1.807) is 18.3 Å². The number of amides is 1. The zero-order valence-corrected chi connectivity index (χ0v) is 21.1. The summed E-state index contributed by atoms with van der Waals surface area (Å²) in [5, 5.41) is 2.94. The van der Waals surface area contributed by atoms with Crippen molar-refractivity contribution in [2.75, 3.05) is 39.3 Å². The molecule has 0 N–H and O–H groups in total. The minimum atomic E-state index is -0.183. The molecule has 1 spiro atoms. The molecule has 180 valence electrons. The summed E-state index contributed by atoms with van der Waals surface area (Å²) in [4.78, 5) is 33.1. The van der Waals surface area contributed by atoms with Crippen LogP contribution in [0.25, 0.3) is 0 Å². The molecule has 3 heterocycles. The topological polar surface area (TPSA) is 62.7 Å². The van der Waals surface area contributed by atoms with Crippen LogP contribution in [0.3, 0.4) is 0 Å². The van der Waals surface area contributed by atoms with Gasteiger partial charge in [-0.25, -0.2) is 4.98 Å². The van der Waals surface area contributed by atoms with E-state index >= 15 is 0 Å². The van der Waals surface area contributed by atoms with Gasteiger partial charge >= 0.3 is 0 Å². The second-order valence-electron chi connectivity index (χ2n) is 9.90. The van der Waals surface area contributed by atoms with Crippen molar-refractivity contribution in [3.05, 3.63) is 16.1 Å². The molecule has 2 aliphatic heterocycles. The first-order valence-electron chi connectivity index (χ1n) is 12.5. The van der Waals surface area contributed by atoms with E-state index in [2.05, 4.69) is 23.7 Å². The number of likely N-dealkylation sites (tertiary alicyclic amines) is 1.